The van der Waals surface area contributed by atoms with E-state index in [0.29, 0.717) is 17.5 Å². The van der Waals surface area contributed by atoms with Crippen molar-refractivity contribution in [1.29, 1.82) is 0 Å². The van der Waals surface area contributed by atoms with Crippen molar-refractivity contribution in [2.24, 2.45) is 0 Å². The molecule has 1 saturated carbocycles. The van der Waals surface area contributed by atoms with Crippen LogP contribution in [-0.2, 0) is 0 Å². The lowest BCUT2D eigenvalue weighted by atomic mass is 10.2. The van der Waals surface area contributed by atoms with E-state index in [2.05, 4.69) is 11.6 Å². The number of rotatable bonds is 6. The van der Waals surface area contributed by atoms with Crippen molar-refractivity contribution >= 4 is 29.4 Å². The zero-order chi connectivity index (χ0) is 13.2. The average Bonchev–Trinajstić information content (AvgIpc) is 3.16. The van der Waals surface area contributed by atoms with E-state index in [1.807, 2.05) is 0 Å². The number of benzene rings is 1. The van der Waals surface area contributed by atoms with E-state index in [1.165, 1.54) is 6.07 Å². The Morgan fingerprint density at radius 1 is 1.56 bits per heavy atom. The Hall–Kier alpha value is -1.56. The van der Waals surface area contributed by atoms with Crippen LogP contribution in [0.25, 0.3) is 0 Å². The first-order valence-electron chi connectivity index (χ1n) is 5.63. The lowest BCUT2D eigenvalue weighted by Gasteiger charge is -2.14. The summed E-state index contributed by atoms with van der Waals surface area (Å²) in [6, 6.07) is 4.48. The second-order valence-electron chi connectivity index (χ2n) is 4.39. The number of hydrogen-bond acceptors (Lipinski definition) is 5. The van der Waals surface area contributed by atoms with Gasteiger partial charge in [-0.3, -0.25) is 14.9 Å². The maximum Gasteiger partial charge on any atom is 0.293 e. The zero-order valence-corrected chi connectivity index (χ0v) is 10.8. The number of aldehydes is 1. The lowest BCUT2D eigenvalue weighted by molar-refractivity contribution is -0.384. The van der Waals surface area contributed by atoms with E-state index >= 15 is 0 Å². The van der Waals surface area contributed by atoms with Gasteiger partial charge in [-0.2, -0.15) is 11.8 Å². The number of carbonyl (C=O) groups is 1. The summed E-state index contributed by atoms with van der Waals surface area (Å²) in [7, 11) is 0. The van der Waals surface area contributed by atoms with Gasteiger partial charge in [0.25, 0.3) is 5.69 Å². The molecule has 1 aliphatic carbocycles. The minimum Gasteiger partial charge on any atom is -0.378 e. The predicted molar refractivity (Wildman–Crippen MR) is 72.5 cm³/mol. The van der Waals surface area contributed by atoms with E-state index in [1.54, 1.807) is 23.9 Å². The van der Waals surface area contributed by atoms with Gasteiger partial charge >= 0.3 is 0 Å². The van der Waals surface area contributed by atoms with Gasteiger partial charge in [0.1, 0.15) is 12.0 Å². The smallest absolute Gasteiger partial charge is 0.293 e. The van der Waals surface area contributed by atoms with Crippen molar-refractivity contribution < 1.29 is 9.72 Å². The van der Waals surface area contributed by atoms with Crippen molar-refractivity contribution in [3.63, 3.8) is 0 Å². The van der Waals surface area contributed by atoms with Crippen LogP contribution >= 0.6 is 11.8 Å². The molecule has 0 atom stereocenters. The first-order chi connectivity index (χ1) is 8.60. The first-order valence-corrected chi connectivity index (χ1v) is 6.85. The molecular formula is C12H14N2O3S. The van der Waals surface area contributed by atoms with Gasteiger partial charge in [0, 0.05) is 22.9 Å². The summed E-state index contributed by atoms with van der Waals surface area (Å²) >= 11 is 1.79. The van der Waals surface area contributed by atoms with E-state index in [9.17, 15) is 14.9 Å². The molecule has 0 radical (unpaired) electrons. The molecule has 0 aromatic heterocycles. The summed E-state index contributed by atoms with van der Waals surface area (Å²) in [5.74, 6) is 0. The van der Waals surface area contributed by atoms with Crippen LogP contribution in [0.3, 0.4) is 0 Å². The molecule has 1 aromatic carbocycles. The molecule has 1 N–H and O–H groups in total. The molecule has 0 amide bonds. The summed E-state index contributed by atoms with van der Waals surface area (Å²) in [5.41, 5.74) is 0.751. The minimum absolute atomic E-state index is 0.0449. The number of nitrogens with one attached hydrogen (secondary N) is 1. The SMILES string of the molecule is CSC1(CNc2ccc(C=O)cc2[N+](=O)[O-])CC1. The molecule has 0 saturated heterocycles. The predicted octanol–water partition coefficient (Wildman–Crippen LogP) is 2.71. The van der Waals surface area contributed by atoms with E-state index in [-0.39, 0.29) is 10.4 Å². The number of nitro groups is 1. The van der Waals surface area contributed by atoms with Crippen LogP contribution in [0.15, 0.2) is 18.2 Å². The number of carbonyl (C=O) groups excluding carboxylic acids is 1. The van der Waals surface area contributed by atoms with Crippen LogP contribution in [0.1, 0.15) is 23.2 Å². The summed E-state index contributed by atoms with van der Waals surface area (Å²) in [6.45, 7) is 0.718. The zero-order valence-electron chi connectivity index (χ0n) is 10.0. The molecule has 1 aromatic rings. The molecular weight excluding hydrogens is 252 g/mol. The molecule has 0 aliphatic heterocycles. The molecule has 6 heteroatoms. The molecule has 0 spiro atoms. The summed E-state index contributed by atoms with van der Waals surface area (Å²) in [6.07, 6.45) is 4.95. The fourth-order valence-corrected chi connectivity index (χ4v) is 2.50. The maximum absolute atomic E-state index is 10.9. The second kappa shape index (κ2) is 4.97. The Bertz CT molecular complexity index is 486. The third-order valence-electron chi connectivity index (χ3n) is 3.20. The monoisotopic (exact) mass is 266 g/mol. The fourth-order valence-electron chi connectivity index (χ4n) is 1.77. The highest BCUT2D eigenvalue weighted by Crippen LogP contribution is 2.47. The fraction of sp³-hybridized carbons (Fsp3) is 0.417. The van der Waals surface area contributed by atoms with E-state index in [0.717, 1.165) is 19.4 Å². The normalized spacial score (nSPS) is 16.1. The number of thioether (sulfide) groups is 1. The highest BCUT2D eigenvalue weighted by molar-refractivity contribution is 8.00. The maximum atomic E-state index is 10.9. The van der Waals surface area contributed by atoms with E-state index < -0.39 is 4.92 Å². The van der Waals surface area contributed by atoms with Gasteiger partial charge in [0.05, 0.1) is 4.92 Å². The highest BCUT2D eigenvalue weighted by atomic mass is 32.2. The van der Waals surface area contributed by atoms with Crippen molar-refractivity contribution in [3.8, 4) is 0 Å². The molecule has 0 heterocycles. The van der Waals surface area contributed by atoms with Crippen LogP contribution in [0.5, 0.6) is 0 Å². The number of anilines is 1. The molecule has 0 unspecified atom stereocenters. The van der Waals surface area contributed by atoms with Crippen molar-refractivity contribution in [3.05, 3.63) is 33.9 Å². The lowest BCUT2D eigenvalue weighted by Crippen LogP contribution is -2.18. The molecule has 1 aliphatic rings. The Labute approximate surface area is 109 Å². The Morgan fingerprint density at radius 2 is 2.28 bits per heavy atom. The van der Waals surface area contributed by atoms with Gasteiger partial charge in [0.15, 0.2) is 0 Å². The van der Waals surface area contributed by atoms with Gasteiger partial charge < -0.3 is 5.32 Å². The molecule has 0 bridgehead atoms. The quantitative estimate of drug-likeness (QED) is 0.487. The average molecular weight is 266 g/mol. The van der Waals surface area contributed by atoms with Crippen molar-refractivity contribution in [2.75, 3.05) is 18.1 Å². The van der Waals surface area contributed by atoms with Gasteiger partial charge in [-0.25, -0.2) is 0 Å². The van der Waals surface area contributed by atoms with Crippen LogP contribution in [0.2, 0.25) is 0 Å². The number of nitrogens with zero attached hydrogens (tertiary/aromatic N) is 1. The molecule has 5 nitrogen and oxygen atoms in total. The van der Waals surface area contributed by atoms with Gasteiger partial charge in [-0.1, -0.05) is 0 Å². The third kappa shape index (κ3) is 2.64. The summed E-state index contributed by atoms with van der Waals surface area (Å²) in [5, 5.41) is 14.1. The Balaban J connectivity index is 2.16. The van der Waals surface area contributed by atoms with Crippen LogP contribution < -0.4 is 5.32 Å². The van der Waals surface area contributed by atoms with Crippen molar-refractivity contribution in [2.45, 2.75) is 17.6 Å². The van der Waals surface area contributed by atoms with Crippen LogP contribution in [0.4, 0.5) is 11.4 Å². The number of hydrogen-bond donors (Lipinski definition) is 1. The van der Waals surface area contributed by atoms with Gasteiger partial charge in [0.2, 0.25) is 0 Å². The van der Waals surface area contributed by atoms with Gasteiger partial charge in [-0.05, 0) is 31.2 Å². The minimum atomic E-state index is -0.464. The molecule has 2 rings (SSSR count). The van der Waals surface area contributed by atoms with Crippen molar-refractivity contribution in [1.82, 2.24) is 0 Å². The second-order valence-corrected chi connectivity index (χ2v) is 5.67. The molecule has 1 fully saturated rings. The largest absolute Gasteiger partial charge is 0.378 e. The first kappa shape index (κ1) is 12.9. The van der Waals surface area contributed by atoms with Crippen LogP contribution in [-0.4, -0.2) is 28.8 Å². The molecule has 18 heavy (non-hydrogen) atoms. The van der Waals surface area contributed by atoms with Gasteiger partial charge in [-0.15, -0.1) is 0 Å². The number of nitro benzene ring substituents is 1. The summed E-state index contributed by atoms with van der Waals surface area (Å²) in [4.78, 5) is 21.1. The molecule has 96 valence electrons. The Morgan fingerprint density at radius 3 is 2.78 bits per heavy atom. The summed E-state index contributed by atoms with van der Waals surface area (Å²) < 4.78 is 0.233. The third-order valence-corrected chi connectivity index (χ3v) is 4.61. The Kier molecular flexibility index (Phi) is 3.56. The van der Waals surface area contributed by atoms with E-state index in [4.69, 9.17) is 0 Å². The highest BCUT2D eigenvalue weighted by Gasteiger charge is 2.41. The standard InChI is InChI=1S/C12H14N2O3S/c1-18-12(4-5-12)8-13-10-3-2-9(7-15)6-11(10)14(16)17/h2-3,6-7,13H,4-5,8H2,1H3. The topological polar surface area (TPSA) is 72.2 Å². The van der Waals surface area contributed by atoms with Crippen LogP contribution in [0, 0.1) is 10.1 Å².